The first kappa shape index (κ1) is 24.3. The maximum atomic E-state index is 12.8. The predicted molar refractivity (Wildman–Crippen MR) is 134 cm³/mol. The zero-order valence-electron chi connectivity index (χ0n) is 20.4. The van der Waals surface area contributed by atoms with Gasteiger partial charge >= 0.3 is 0 Å². The van der Waals surface area contributed by atoms with Gasteiger partial charge in [0.2, 0.25) is 5.91 Å². The Hall–Kier alpha value is -2.80. The molecular formula is C27H37N5O2. The molecular weight excluding hydrogens is 426 g/mol. The van der Waals surface area contributed by atoms with Crippen molar-refractivity contribution in [2.24, 2.45) is 0 Å². The molecule has 1 aromatic heterocycles. The van der Waals surface area contributed by atoms with Gasteiger partial charge in [0, 0.05) is 57.2 Å². The number of rotatable bonds is 2. The molecule has 4 rings (SSSR count). The molecule has 0 saturated carbocycles. The van der Waals surface area contributed by atoms with Crippen molar-refractivity contribution in [3.63, 3.8) is 0 Å². The second-order valence-corrected chi connectivity index (χ2v) is 9.54. The number of amides is 2. The first-order valence-electron chi connectivity index (χ1n) is 12.8. The molecule has 1 aromatic carbocycles. The Morgan fingerprint density at radius 1 is 0.853 bits per heavy atom. The van der Waals surface area contributed by atoms with Gasteiger partial charge in [-0.3, -0.25) is 14.5 Å². The summed E-state index contributed by atoms with van der Waals surface area (Å²) in [5.41, 5.74) is 2.83. The number of aromatic nitrogens is 2. The molecule has 3 heterocycles. The van der Waals surface area contributed by atoms with Crippen molar-refractivity contribution >= 4 is 17.5 Å². The van der Waals surface area contributed by atoms with E-state index in [2.05, 4.69) is 33.1 Å². The van der Waals surface area contributed by atoms with Crippen LogP contribution in [0.2, 0.25) is 0 Å². The van der Waals surface area contributed by atoms with E-state index in [1.165, 1.54) is 44.0 Å². The van der Waals surface area contributed by atoms with Gasteiger partial charge in [-0.15, -0.1) is 0 Å². The lowest BCUT2D eigenvalue weighted by molar-refractivity contribution is -0.116. The molecule has 1 saturated heterocycles. The van der Waals surface area contributed by atoms with Crippen LogP contribution in [0, 0.1) is 0 Å². The zero-order chi connectivity index (χ0) is 23.8. The van der Waals surface area contributed by atoms with Crippen molar-refractivity contribution in [3.8, 4) is 0 Å². The average Bonchev–Trinajstić information content (AvgIpc) is 2.89. The number of carbonyl (C=O) groups is 2. The molecule has 1 fully saturated rings. The summed E-state index contributed by atoms with van der Waals surface area (Å²) >= 11 is 0. The number of hydrogen-bond acceptors (Lipinski definition) is 5. The molecule has 2 aromatic rings. The Labute approximate surface area is 203 Å². The Morgan fingerprint density at radius 3 is 2.21 bits per heavy atom. The van der Waals surface area contributed by atoms with Gasteiger partial charge in [0.15, 0.2) is 0 Å². The van der Waals surface area contributed by atoms with E-state index in [0.29, 0.717) is 11.6 Å². The third kappa shape index (κ3) is 6.20. The highest BCUT2D eigenvalue weighted by molar-refractivity contribution is 5.93. The maximum absolute atomic E-state index is 12.8. The second-order valence-electron chi connectivity index (χ2n) is 9.54. The monoisotopic (exact) mass is 463 g/mol. The van der Waals surface area contributed by atoms with Crippen LogP contribution in [0.4, 0.5) is 5.69 Å². The van der Waals surface area contributed by atoms with Gasteiger partial charge in [-0.2, -0.15) is 0 Å². The highest BCUT2D eigenvalue weighted by Crippen LogP contribution is 2.27. The van der Waals surface area contributed by atoms with Gasteiger partial charge in [0.25, 0.3) is 5.91 Å². The molecule has 7 nitrogen and oxygen atoms in total. The van der Waals surface area contributed by atoms with Crippen LogP contribution in [0.3, 0.4) is 0 Å². The van der Waals surface area contributed by atoms with Crippen molar-refractivity contribution in [2.75, 3.05) is 31.1 Å². The quantitative estimate of drug-likeness (QED) is 0.665. The Bertz CT molecular complexity index is 943. The van der Waals surface area contributed by atoms with E-state index in [1.807, 2.05) is 15.9 Å². The molecule has 0 radical (unpaired) electrons. The molecule has 0 aliphatic carbocycles. The lowest BCUT2D eigenvalue weighted by Gasteiger charge is -2.39. The van der Waals surface area contributed by atoms with Crippen molar-refractivity contribution in [2.45, 2.75) is 70.9 Å². The lowest BCUT2D eigenvalue weighted by atomic mass is 10.00. The summed E-state index contributed by atoms with van der Waals surface area (Å²) in [7, 11) is 0. The number of para-hydroxylation sites is 1. The number of fused-ring (bicyclic) bond motifs is 1. The maximum Gasteiger partial charge on any atom is 0.256 e. The average molecular weight is 464 g/mol. The van der Waals surface area contributed by atoms with Crippen LogP contribution in [0.1, 0.15) is 74.2 Å². The molecule has 182 valence electrons. The van der Waals surface area contributed by atoms with Gasteiger partial charge < -0.3 is 9.80 Å². The molecule has 0 N–H and O–H groups in total. The van der Waals surface area contributed by atoms with Crippen molar-refractivity contribution in [1.82, 2.24) is 19.8 Å². The predicted octanol–water partition coefficient (Wildman–Crippen LogP) is 4.29. The standard InChI is InChI=1S/C27H37N5O2/c1-22(33)32-15-9-5-3-2-4-8-14-31(20-23-10-6-7-11-26(23)32)25-12-16-30(17-13-25)27(34)24-18-28-21-29-19-24/h6-7,10-11,18-19,21,25H,2-5,8-9,12-17,20H2,1H3. The van der Waals surface area contributed by atoms with Crippen LogP contribution in [0.5, 0.6) is 0 Å². The molecule has 34 heavy (non-hydrogen) atoms. The van der Waals surface area contributed by atoms with E-state index >= 15 is 0 Å². The normalized spacial score (nSPS) is 19.4. The van der Waals surface area contributed by atoms with Gasteiger partial charge in [0.1, 0.15) is 6.33 Å². The Morgan fingerprint density at radius 2 is 1.50 bits per heavy atom. The molecule has 2 aliphatic rings. The minimum absolute atomic E-state index is 0.0198. The largest absolute Gasteiger partial charge is 0.338 e. The summed E-state index contributed by atoms with van der Waals surface area (Å²) < 4.78 is 0. The van der Waals surface area contributed by atoms with E-state index < -0.39 is 0 Å². The third-order valence-electron chi connectivity index (χ3n) is 7.19. The Kier molecular flexibility index (Phi) is 8.63. The highest BCUT2D eigenvalue weighted by atomic mass is 16.2. The number of likely N-dealkylation sites (tertiary alicyclic amines) is 1. The number of benzene rings is 1. The summed E-state index contributed by atoms with van der Waals surface area (Å²) in [5.74, 6) is 0.136. The summed E-state index contributed by atoms with van der Waals surface area (Å²) in [6.45, 7) is 5.85. The second kappa shape index (κ2) is 12.1. The molecule has 2 amide bonds. The zero-order valence-corrected chi connectivity index (χ0v) is 20.4. The number of nitrogens with zero attached hydrogens (tertiary/aromatic N) is 5. The van der Waals surface area contributed by atoms with Crippen molar-refractivity contribution < 1.29 is 9.59 Å². The van der Waals surface area contributed by atoms with Gasteiger partial charge in [-0.05, 0) is 43.9 Å². The molecule has 2 aliphatic heterocycles. The van der Waals surface area contributed by atoms with E-state index in [-0.39, 0.29) is 11.8 Å². The van der Waals surface area contributed by atoms with Gasteiger partial charge in [-0.25, -0.2) is 9.97 Å². The van der Waals surface area contributed by atoms with Crippen LogP contribution < -0.4 is 4.90 Å². The fraction of sp³-hybridized carbons (Fsp3) is 0.556. The number of piperidine rings is 1. The first-order valence-corrected chi connectivity index (χ1v) is 12.8. The van der Waals surface area contributed by atoms with E-state index in [9.17, 15) is 9.59 Å². The number of anilines is 1. The van der Waals surface area contributed by atoms with E-state index in [4.69, 9.17) is 0 Å². The third-order valence-corrected chi connectivity index (χ3v) is 7.19. The fourth-order valence-electron chi connectivity index (χ4n) is 5.28. The summed E-state index contributed by atoms with van der Waals surface area (Å²) in [4.78, 5) is 39.8. The minimum Gasteiger partial charge on any atom is -0.338 e. The number of carbonyl (C=O) groups excluding carboxylic acids is 2. The fourth-order valence-corrected chi connectivity index (χ4v) is 5.28. The van der Waals surface area contributed by atoms with E-state index in [0.717, 1.165) is 57.7 Å². The van der Waals surface area contributed by atoms with Gasteiger partial charge in [-0.1, -0.05) is 43.9 Å². The van der Waals surface area contributed by atoms with Crippen LogP contribution in [0.25, 0.3) is 0 Å². The van der Waals surface area contributed by atoms with E-state index in [1.54, 1.807) is 19.3 Å². The molecule has 7 heteroatoms. The van der Waals surface area contributed by atoms with Gasteiger partial charge in [0.05, 0.1) is 5.56 Å². The minimum atomic E-state index is 0.0198. The smallest absolute Gasteiger partial charge is 0.256 e. The first-order chi connectivity index (χ1) is 16.6. The van der Waals surface area contributed by atoms with Crippen LogP contribution in [-0.2, 0) is 11.3 Å². The summed E-state index contributed by atoms with van der Waals surface area (Å²) in [6.07, 6.45) is 13.7. The molecule has 0 unspecified atom stereocenters. The van der Waals surface area contributed by atoms with Crippen molar-refractivity contribution in [3.05, 3.63) is 54.1 Å². The highest BCUT2D eigenvalue weighted by Gasteiger charge is 2.28. The van der Waals surface area contributed by atoms with Crippen LogP contribution in [0.15, 0.2) is 43.0 Å². The van der Waals surface area contributed by atoms with Crippen LogP contribution >= 0.6 is 0 Å². The SMILES string of the molecule is CC(=O)N1CCCCCCCCN(C2CCN(C(=O)c3cncnc3)CC2)Cc2ccccc21. The van der Waals surface area contributed by atoms with Crippen molar-refractivity contribution in [1.29, 1.82) is 0 Å². The summed E-state index contributed by atoms with van der Waals surface area (Å²) in [6, 6.07) is 8.81. The lowest BCUT2D eigenvalue weighted by Crippen LogP contribution is -2.47. The topological polar surface area (TPSA) is 69.6 Å². The summed E-state index contributed by atoms with van der Waals surface area (Å²) in [5, 5.41) is 0. The Balaban J connectivity index is 1.48. The van der Waals surface area contributed by atoms with Crippen LogP contribution in [-0.4, -0.2) is 63.8 Å². The number of hydrogen-bond donors (Lipinski definition) is 0. The molecule has 0 atom stereocenters. The molecule has 0 spiro atoms. The molecule has 0 bridgehead atoms.